The third kappa shape index (κ3) is 6.26. The van der Waals surface area contributed by atoms with Crippen molar-refractivity contribution in [3.8, 4) is 5.75 Å². The van der Waals surface area contributed by atoms with Crippen LogP contribution in [0.15, 0.2) is 86.8 Å². The van der Waals surface area contributed by atoms with E-state index >= 15 is 0 Å². The maximum Gasteiger partial charge on any atom is 0.259 e. The molecule has 0 bridgehead atoms. The molecule has 3 aromatic rings. The van der Waals surface area contributed by atoms with E-state index in [9.17, 15) is 14.7 Å². The molecule has 0 atom stereocenters. The third-order valence-corrected chi connectivity index (χ3v) is 5.60. The van der Waals surface area contributed by atoms with E-state index in [0.717, 1.165) is 11.1 Å². The molecule has 0 fully saturated rings. The van der Waals surface area contributed by atoms with Gasteiger partial charge in [0.1, 0.15) is 5.75 Å². The number of carbonyl (C=O) groups is 2. The number of hydrogen-bond donors (Lipinski definition) is 3. The number of halogens is 2. The molecule has 6 nitrogen and oxygen atoms in total. The Balaban J connectivity index is 1.61. The molecule has 0 aliphatic carbocycles. The summed E-state index contributed by atoms with van der Waals surface area (Å²) >= 11 is 6.47. The summed E-state index contributed by atoms with van der Waals surface area (Å²) < 4.78 is 0.990. The molecule has 3 aromatic carbocycles. The molecule has 31 heavy (non-hydrogen) atoms. The Morgan fingerprint density at radius 1 is 0.935 bits per heavy atom. The van der Waals surface area contributed by atoms with Gasteiger partial charge in [-0.25, -0.2) is 5.43 Å². The van der Waals surface area contributed by atoms with Crippen LogP contribution in [-0.4, -0.2) is 29.7 Å². The van der Waals surface area contributed by atoms with Crippen LogP contribution in [0.2, 0.25) is 0 Å². The first-order chi connectivity index (χ1) is 15.0. The normalized spacial score (nSPS) is 10.9. The van der Waals surface area contributed by atoms with Crippen LogP contribution >= 0.6 is 31.9 Å². The van der Waals surface area contributed by atoms with Crippen LogP contribution in [0.4, 0.5) is 0 Å². The van der Waals surface area contributed by atoms with E-state index in [1.165, 1.54) is 6.21 Å². The molecule has 0 heterocycles. The second-order valence-corrected chi connectivity index (χ2v) is 8.31. The zero-order valence-corrected chi connectivity index (χ0v) is 19.4. The van der Waals surface area contributed by atoms with Crippen LogP contribution in [0.1, 0.15) is 22.6 Å². The number of amides is 2. The molecule has 3 N–H and O–H groups in total. The summed E-state index contributed by atoms with van der Waals surface area (Å²) in [6.45, 7) is -0.213. The van der Waals surface area contributed by atoms with Gasteiger partial charge in [-0.2, -0.15) is 5.10 Å². The lowest BCUT2D eigenvalue weighted by atomic mass is 9.90. The number of rotatable bonds is 7. The number of phenolic OH excluding ortho intramolecular Hbond substituents is 1. The molecule has 0 unspecified atom stereocenters. The fraction of sp³-hybridized carbons (Fsp3) is 0.0870. The minimum Gasteiger partial charge on any atom is -0.506 e. The van der Waals surface area contributed by atoms with Gasteiger partial charge in [0, 0.05) is 0 Å². The number of benzene rings is 3. The zero-order valence-electron chi connectivity index (χ0n) is 16.3. The topological polar surface area (TPSA) is 90.8 Å². The number of hydrazone groups is 1. The van der Waals surface area contributed by atoms with E-state index in [1.807, 2.05) is 60.7 Å². The van der Waals surface area contributed by atoms with E-state index in [4.69, 9.17) is 0 Å². The number of aromatic hydroxyl groups is 1. The molecule has 0 saturated carbocycles. The van der Waals surface area contributed by atoms with E-state index in [1.54, 1.807) is 12.1 Å². The van der Waals surface area contributed by atoms with Crippen LogP contribution in [0.3, 0.4) is 0 Å². The average molecular weight is 545 g/mol. The van der Waals surface area contributed by atoms with E-state index in [0.29, 0.717) is 14.5 Å². The minimum absolute atomic E-state index is 0.0790. The van der Waals surface area contributed by atoms with Crippen molar-refractivity contribution in [3.05, 3.63) is 98.4 Å². The Kier molecular flexibility index (Phi) is 7.97. The van der Waals surface area contributed by atoms with Crippen molar-refractivity contribution < 1.29 is 14.7 Å². The highest BCUT2D eigenvalue weighted by Crippen LogP contribution is 2.32. The summed E-state index contributed by atoms with van der Waals surface area (Å²) in [4.78, 5) is 25.0. The van der Waals surface area contributed by atoms with Gasteiger partial charge in [-0.05, 0) is 60.7 Å². The lowest BCUT2D eigenvalue weighted by Gasteiger charge is -2.17. The maximum atomic E-state index is 12.9. The van der Waals surface area contributed by atoms with Gasteiger partial charge in [0.25, 0.3) is 5.91 Å². The lowest BCUT2D eigenvalue weighted by Crippen LogP contribution is -2.37. The highest BCUT2D eigenvalue weighted by atomic mass is 79.9. The Morgan fingerprint density at radius 3 is 1.97 bits per heavy atom. The van der Waals surface area contributed by atoms with Crippen molar-refractivity contribution >= 4 is 49.9 Å². The average Bonchev–Trinajstić information content (AvgIpc) is 2.77. The summed E-state index contributed by atoms with van der Waals surface area (Å²) in [5, 5.41) is 16.3. The maximum absolute atomic E-state index is 12.9. The Bertz CT molecular complexity index is 1030. The first-order valence-corrected chi connectivity index (χ1v) is 10.9. The first kappa shape index (κ1) is 22.7. The molecule has 0 radical (unpaired) electrons. The number of phenols is 1. The highest BCUT2D eigenvalue weighted by molar-refractivity contribution is 9.11. The predicted octanol–water partition coefficient (Wildman–Crippen LogP) is 4.32. The molecular weight excluding hydrogens is 526 g/mol. The van der Waals surface area contributed by atoms with Crippen molar-refractivity contribution in [2.45, 2.75) is 5.92 Å². The monoisotopic (exact) mass is 543 g/mol. The van der Waals surface area contributed by atoms with Gasteiger partial charge in [0.15, 0.2) is 0 Å². The van der Waals surface area contributed by atoms with Crippen molar-refractivity contribution in [3.63, 3.8) is 0 Å². The molecular formula is C23H19Br2N3O3. The van der Waals surface area contributed by atoms with E-state index in [-0.39, 0.29) is 18.2 Å². The molecule has 2 amide bonds. The Labute approximate surface area is 196 Å². The highest BCUT2D eigenvalue weighted by Gasteiger charge is 2.22. The third-order valence-electron chi connectivity index (χ3n) is 4.39. The van der Waals surface area contributed by atoms with Crippen molar-refractivity contribution in [1.29, 1.82) is 0 Å². The number of nitrogens with zero attached hydrogens (tertiary/aromatic N) is 1. The second kappa shape index (κ2) is 10.9. The number of carbonyl (C=O) groups excluding carboxylic acids is 2. The summed E-state index contributed by atoms with van der Waals surface area (Å²) in [6, 6.07) is 22.1. The van der Waals surface area contributed by atoms with Gasteiger partial charge >= 0.3 is 0 Å². The van der Waals surface area contributed by atoms with E-state index < -0.39 is 11.8 Å². The summed E-state index contributed by atoms with van der Waals surface area (Å²) in [5.41, 5.74) is 4.72. The van der Waals surface area contributed by atoms with Gasteiger partial charge in [-0.15, -0.1) is 0 Å². The van der Waals surface area contributed by atoms with Crippen molar-refractivity contribution in [1.82, 2.24) is 10.7 Å². The van der Waals surface area contributed by atoms with Crippen LogP contribution in [0.25, 0.3) is 0 Å². The van der Waals surface area contributed by atoms with Crippen LogP contribution in [-0.2, 0) is 9.59 Å². The summed E-state index contributed by atoms with van der Waals surface area (Å²) in [6.07, 6.45) is 1.44. The van der Waals surface area contributed by atoms with Gasteiger partial charge in [-0.1, -0.05) is 60.7 Å². The molecule has 3 rings (SSSR count). The SMILES string of the molecule is O=C(CNC(=O)C(c1ccccc1)c1ccccc1)N/N=C\c1cc(Br)c(O)c(Br)c1. The van der Waals surface area contributed by atoms with Gasteiger partial charge < -0.3 is 10.4 Å². The summed E-state index contributed by atoms with van der Waals surface area (Å²) in [5.74, 6) is -1.18. The van der Waals surface area contributed by atoms with Gasteiger partial charge in [0.05, 0.1) is 27.6 Å². The largest absolute Gasteiger partial charge is 0.506 e. The van der Waals surface area contributed by atoms with Crippen LogP contribution in [0, 0.1) is 0 Å². The minimum atomic E-state index is -0.523. The standard InChI is InChI=1S/C23H19Br2N3O3/c24-18-11-15(12-19(25)22(18)30)13-27-28-20(29)14-26-23(31)21(16-7-3-1-4-8-16)17-9-5-2-6-10-17/h1-13,21,30H,14H2,(H,26,31)(H,28,29)/b27-13-. The molecule has 0 aromatic heterocycles. The molecule has 158 valence electrons. The Hall–Kier alpha value is -2.97. The van der Waals surface area contributed by atoms with Crippen LogP contribution in [0.5, 0.6) is 5.75 Å². The van der Waals surface area contributed by atoms with Crippen molar-refractivity contribution in [2.75, 3.05) is 6.54 Å². The fourth-order valence-corrected chi connectivity index (χ4v) is 4.16. The second-order valence-electron chi connectivity index (χ2n) is 6.60. The Morgan fingerprint density at radius 2 is 1.45 bits per heavy atom. The van der Waals surface area contributed by atoms with Gasteiger partial charge in [0.2, 0.25) is 5.91 Å². The lowest BCUT2D eigenvalue weighted by molar-refractivity contribution is -0.126. The molecule has 0 spiro atoms. The molecule has 8 heteroatoms. The molecule has 0 aliphatic rings. The summed E-state index contributed by atoms with van der Waals surface area (Å²) in [7, 11) is 0. The molecule has 0 saturated heterocycles. The zero-order chi connectivity index (χ0) is 22.2. The van der Waals surface area contributed by atoms with Crippen molar-refractivity contribution in [2.24, 2.45) is 5.10 Å². The predicted molar refractivity (Wildman–Crippen MR) is 127 cm³/mol. The number of hydrogen-bond acceptors (Lipinski definition) is 4. The van der Waals surface area contributed by atoms with E-state index in [2.05, 4.69) is 47.7 Å². The van der Waals surface area contributed by atoms with Crippen LogP contribution < -0.4 is 10.7 Å². The fourth-order valence-electron chi connectivity index (χ4n) is 2.93. The quantitative estimate of drug-likeness (QED) is 0.306. The van der Waals surface area contributed by atoms with Gasteiger partial charge in [-0.3, -0.25) is 9.59 Å². The molecule has 0 aliphatic heterocycles. The first-order valence-electron chi connectivity index (χ1n) is 9.33. The number of nitrogens with one attached hydrogen (secondary N) is 2. The smallest absolute Gasteiger partial charge is 0.259 e.